The number of hydrogen-bond acceptors (Lipinski definition) is 3. The zero-order chi connectivity index (χ0) is 14.5. The highest BCUT2D eigenvalue weighted by Crippen LogP contribution is 2.08. The van der Waals surface area contributed by atoms with Crippen LogP contribution in [0.1, 0.15) is 29.8 Å². The number of carboxylic acid groups (broad SMARTS) is 1. The number of benzene rings is 1. The lowest BCUT2D eigenvalue weighted by Gasteiger charge is -2.05. The quantitative estimate of drug-likeness (QED) is 0.779. The molecule has 0 saturated carbocycles. The summed E-state index contributed by atoms with van der Waals surface area (Å²) in [5.74, 6) is -1.19. The molecule has 104 valence electrons. The lowest BCUT2D eigenvalue weighted by atomic mass is 10.1. The number of sulfonamides is 1. The first-order valence-electron chi connectivity index (χ1n) is 5.73. The monoisotopic (exact) mass is 283 g/mol. The van der Waals surface area contributed by atoms with Gasteiger partial charge in [0.1, 0.15) is 0 Å². The summed E-state index contributed by atoms with van der Waals surface area (Å²) in [5.41, 5.74) is 1.72. The average Bonchev–Trinajstić information content (AvgIpc) is 2.28. The van der Waals surface area contributed by atoms with Crippen LogP contribution in [0.15, 0.2) is 35.9 Å². The van der Waals surface area contributed by atoms with Gasteiger partial charge >= 0.3 is 5.97 Å². The van der Waals surface area contributed by atoms with Crippen LogP contribution < -0.4 is 4.72 Å². The Balaban J connectivity index is 2.67. The minimum absolute atomic E-state index is 0.138. The third-order valence-electron chi connectivity index (χ3n) is 2.37. The molecule has 0 aliphatic heterocycles. The molecule has 2 N–H and O–H groups in total. The SMILES string of the molecule is CC(C)=CCNS(=O)(=O)Cc1ccc(C(=O)O)cc1. The van der Waals surface area contributed by atoms with Crippen LogP contribution in [0.3, 0.4) is 0 Å². The summed E-state index contributed by atoms with van der Waals surface area (Å²) in [6, 6.07) is 5.79. The van der Waals surface area contributed by atoms with Gasteiger partial charge in [0, 0.05) is 6.54 Å². The summed E-state index contributed by atoms with van der Waals surface area (Å²) in [7, 11) is -3.41. The maximum atomic E-state index is 11.7. The molecule has 1 aromatic rings. The minimum Gasteiger partial charge on any atom is -0.478 e. The Morgan fingerprint density at radius 1 is 1.26 bits per heavy atom. The molecule has 0 atom stereocenters. The van der Waals surface area contributed by atoms with Crippen LogP contribution in [-0.2, 0) is 15.8 Å². The molecule has 0 saturated heterocycles. The fourth-order valence-corrected chi connectivity index (χ4v) is 2.46. The van der Waals surface area contributed by atoms with Gasteiger partial charge in [0.25, 0.3) is 0 Å². The molecule has 0 bridgehead atoms. The predicted octanol–water partition coefficient (Wildman–Crippen LogP) is 1.77. The fraction of sp³-hybridized carbons (Fsp3) is 0.308. The Bertz CT molecular complexity index is 569. The van der Waals surface area contributed by atoms with Crippen molar-refractivity contribution in [3.63, 3.8) is 0 Å². The molecule has 0 aromatic heterocycles. The number of carboxylic acids is 1. The summed E-state index contributed by atoms with van der Waals surface area (Å²) in [6.07, 6.45) is 1.78. The van der Waals surface area contributed by atoms with Gasteiger partial charge in [-0.15, -0.1) is 0 Å². The zero-order valence-corrected chi connectivity index (χ0v) is 11.7. The first-order chi connectivity index (χ1) is 8.80. The van der Waals surface area contributed by atoms with Gasteiger partial charge in [0.15, 0.2) is 0 Å². The number of hydrogen-bond donors (Lipinski definition) is 2. The Kier molecular flexibility index (Phi) is 5.26. The first kappa shape index (κ1) is 15.4. The van der Waals surface area contributed by atoms with Crippen molar-refractivity contribution in [3.05, 3.63) is 47.0 Å². The molecule has 6 heteroatoms. The molecule has 0 aliphatic carbocycles. The van der Waals surface area contributed by atoms with Gasteiger partial charge in [-0.3, -0.25) is 0 Å². The summed E-state index contributed by atoms with van der Waals surface area (Å²) in [6.45, 7) is 4.04. The highest BCUT2D eigenvalue weighted by Gasteiger charge is 2.11. The van der Waals surface area contributed by atoms with E-state index in [0.717, 1.165) is 5.57 Å². The van der Waals surface area contributed by atoms with Crippen molar-refractivity contribution >= 4 is 16.0 Å². The molecular weight excluding hydrogens is 266 g/mol. The fourth-order valence-electron chi connectivity index (χ4n) is 1.39. The van der Waals surface area contributed by atoms with Crippen LogP contribution >= 0.6 is 0 Å². The van der Waals surface area contributed by atoms with E-state index in [1.807, 2.05) is 13.8 Å². The molecule has 0 fully saturated rings. The summed E-state index contributed by atoms with van der Waals surface area (Å²) < 4.78 is 25.9. The highest BCUT2D eigenvalue weighted by atomic mass is 32.2. The van der Waals surface area contributed by atoms with Crippen LogP contribution in [0, 0.1) is 0 Å². The molecule has 19 heavy (non-hydrogen) atoms. The highest BCUT2D eigenvalue weighted by molar-refractivity contribution is 7.88. The normalized spacial score (nSPS) is 11.1. The van der Waals surface area contributed by atoms with Crippen molar-refractivity contribution in [1.29, 1.82) is 0 Å². The van der Waals surface area contributed by atoms with Gasteiger partial charge in [-0.1, -0.05) is 23.8 Å². The van der Waals surface area contributed by atoms with E-state index in [2.05, 4.69) is 4.72 Å². The second kappa shape index (κ2) is 6.49. The first-order valence-corrected chi connectivity index (χ1v) is 7.38. The number of rotatable bonds is 6. The molecule has 0 aliphatic rings. The van der Waals surface area contributed by atoms with Crippen LogP contribution in [0.4, 0.5) is 0 Å². The molecule has 0 radical (unpaired) electrons. The summed E-state index contributed by atoms with van der Waals surface area (Å²) in [4.78, 5) is 10.7. The Morgan fingerprint density at radius 3 is 2.32 bits per heavy atom. The van der Waals surface area contributed by atoms with Crippen LogP contribution in [0.2, 0.25) is 0 Å². The van der Waals surface area contributed by atoms with E-state index >= 15 is 0 Å². The molecule has 1 rings (SSSR count). The Morgan fingerprint density at radius 2 is 1.84 bits per heavy atom. The Hall–Kier alpha value is -1.66. The standard InChI is InChI=1S/C13H17NO4S/c1-10(2)7-8-14-19(17,18)9-11-3-5-12(6-4-11)13(15)16/h3-7,14H,8-9H2,1-2H3,(H,15,16). The maximum Gasteiger partial charge on any atom is 0.335 e. The summed E-state index contributed by atoms with van der Waals surface area (Å²) >= 11 is 0. The average molecular weight is 283 g/mol. The van der Waals surface area contributed by atoms with Crippen molar-refractivity contribution in [3.8, 4) is 0 Å². The van der Waals surface area contributed by atoms with Gasteiger partial charge in [-0.25, -0.2) is 17.9 Å². The molecule has 5 nitrogen and oxygen atoms in total. The smallest absolute Gasteiger partial charge is 0.335 e. The van der Waals surface area contributed by atoms with Gasteiger partial charge in [0.2, 0.25) is 10.0 Å². The van der Waals surface area contributed by atoms with Crippen molar-refractivity contribution in [1.82, 2.24) is 4.72 Å². The van der Waals surface area contributed by atoms with Crippen LogP contribution in [0.5, 0.6) is 0 Å². The van der Waals surface area contributed by atoms with Gasteiger partial charge in [0.05, 0.1) is 11.3 Å². The van der Waals surface area contributed by atoms with Gasteiger partial charge in [-0.05, 0) is 31.5 Å². The lowest BCUT2D eigenvalue weighted by Crippen LogP contribution is -2.25. The zero-order valence-electron chi connectivity index (χ0n) is 10.9. The number of nitrogens with one attached hydrogen (secondary N) is 1. The number of carbonyl (C=O) groups is 1. The van der Waals surface area contributed by atoms with E-state index < -0.39 is 16.0 Å². The molecule has 0 heterocycles. The van der Waals surface area contributed by atoms with E-state index in [1.54, 1.807) is 6.08 Å². The lowest BCUT2D eigenvalue weighted by molar-refractivity contribution is 0.0697. The molecule has 1 aromatic carbocycles. The second-order valence-corrected chi connectivity index (χ2v) is 6.20. The number of allylic oxidation sites excluding steroid dienone is 1. The molecule has 0 amide bonds. The predicted molar refractivity (Wildman–Crippen MR) is 73.5 cm³/mol. The van der Waals surface area contributed by atoms with Gasteiger partial charge < -0.3 is 5.11 Å². The van der Waals surface area contributed by atoms with Crippen LogP contribution in [-0.4, -0.2) is 26.0 Å². The van der Waals surface area contributed by atoms with E-state index in [1.165, 1.54) is 24.3 Å². The van der Waals surface area contributed by atoms with E-state index in [4.69, 9.17) is 5.11 Å². The third kappa shape index (κ3) is 5.67. The largest absolute Gasteiger partial charge is 0.478 e. The van der Waals surface area contributed by atoms with Crippen molar-refractivity contribution in [2.75, 3.05) is 6.54 Å². The van der Waals surface area contributed by atoms with E-state index in [9.17, 15) is 13.2 Å². The number of aromatic carboxylic acids is 1. The van der Waals surface area contributed by atoms with Crippen LogP contribution in [0.25, 0.3) is 0 Å². The molecular formula is C13H17NO4S. The van der Waals surface area contributed by atoms with E-state index in [-0.39, 0.29) is 17.9 Å². The maximum absolute atomic E-state index is 11.7. The van der Waals surface area contributed by atoms with Crippen molar-refractivity contribution in [2.24, 2.45) is 0 Å². The van der Waals surface area contributed by atoms with Crippen molar-refractivity contribution in [2.45, 2.75) is 19.6 Å². The minimum atomic E-state index is -3.41. The Labute approximate surface area is 113 Å². The van der Waals surface area contributed by atoms with E-state index in [0.29, 0.717) is 5.56 Å². The van der Waals surface area contributed by atoms with Gasteiger partial charge in [-0.2, -0.15) is 0 Å². The molecule has 0 unspecified atom stereocenters. The molecule has 0 spiro atoms. The summed E-state index contributed by atoms with van der Waals surface area (Å²) in [5, 5.41) is 8.74. The second-order valence-electron chi connectivity index (χ2n) is 4.39. The topological polar surface area (TPSA) is 83.5 Å². The third-order valence-corrected chi connectivity index (χ3v) is 3.69. The van der Waals surface area contributed by atoms with Crippen molar-refractivity contribution < 1.29 is 18.3 Å².